The Balaban J connectivity index is 1.56. The molecule has 0 bridgehead atoms. The number of thioether (sulfide) groups is 1. The van der Waals surface area contributed by atoms with E-state index in [9.17, 15) is 0 Å². The average molecular weight is 375 g/mol. The predicted octanol–water partition coefficient (Wildman–Crippen LogP) is 5.32. The van der Waals surface area contributed by atoms with Gasteiger partial charge in [0.2, 0.25) is 0 Å². The lowest BCUT2D eigenvalue weighted by molar-refractivity contribution is 0.226. The van der Waals surface area contributed by atoms with Crippen LogP contribution >= 0.6 is 11.8 Å². The van der Waals surface area contributed by atoms with E-state index in [2.05, 4.69) is 47.1 Å². The summed E-state index contributed by atoms with van der Waals surface area (Å²) in [6.07, 6.45) is 2.95. The van der Waals surface area contributed by atoms with Gasteiger partial charge in [0.1, 0.15) is 23.6 Å². The Labute approximate surface area is 163 Å². The number of fused-ring (bicyclic) bond motifs is 1. The topological polar surface area (TPSA) is 41.6 Å². The molecule has 2 aromatic heterocycles. The van der Waals surface area contributed by atoms with Crippen LogP contribution in [0, 0.1) is 0 Å². The Morgan fingerprint density at radius 2 is 1.93 bits per heavy atom. The van der Waals surface area contributed by atoms with Gasteiger partial charge in [-0.3, -0.25) is 4.98 Å². The van der Waals surface area contributed by atoms with Gasteiger partial charge in [0.05, 0.1) is 5.69 Å². The normalized spacial score (nSPS) is 24.1. The van der Waals surface area contributed by atoms with Gasteiger partial charge in [-0.05, 0) is 30.7 Å². The maximum Gasteiger partial charge on any atom is 0.161 e. The summed E-state index contributed by atoms with van der Waals surface area (Å²) in [6.45, 7) is 2.25. The molecule has 0 amide bonds. The number of benzene rings is 1. The van der Waals surface area contributed by atoms with Crippen LogP contribution < -0.4 is 0 Å². The number of amidine groups is 1. The molecule has 3 aromatic rings. The van der Waals surface area contributed by atoms with Gasteiger partial charge in [-0.2, -0.15) is 0 Å². The first kappa shape index (κ1) is 16.6. The van der Waals surface area contributed by atoms with Crippen molar-refractivity contribution < 1.29 is 4.42 Å². The molecule has 0 saturated carbocycles. The maximum absolute atomic E-state index is 6.35. The molecule has 1 fully saturated rings. The van der Waals surface area contributed by atoms with Gasteiger partial charge < -0.3 is 9.32 Å². The zero-order valence-corrected chi connectivity index (χ0v) is 16.0. The second-order valence-electron chi connectivity index (χ2n) is 6.90. The van der Waals surface area contributed by atoms with Gasteiger partial charge in [-0.25, -0.2) is 4.99 Å². The van der Waals surface area contributed by atoms with E-state index in [0.717, 1.165) is 40.1 Å². The standard InChI is InChI=1S/C22H21N3OS/c1-2-16-14-27-22-24-20(17-10-6-7-13-23-17)21(25(16)22)19-12-11-18(26-19)15-8-4-3-5-9-15/h3-13,16,20-21H,2,14H2,1H3. The van der Waals surface area contributed by atoms with Crippen LogP contribution in [0.2, 0.25) is 0 Å². The molecule has 3 atom stereocenters. The third-order valence-electron chi connectivity index (χ3n) is 5.31. The summed E-state index contributed by atoms with van der Waals surface area (Å²) < 4.78 is 6.35. The van der Waals surface area contributed by atoms with Crippen molar-refractivity contribution in [3.05, 3.63) is 78.3 Å². The van der Waals surface area contributed by atoms with E-state index in [1.54, 1.807) is 0 Å². The first-order valence-corrected chi connectivity index (χ1v) is 10.4. The minimum Gasteiger partial charge on any atom is -0.459 e. The minimum absolute atomic E-state index is 0.0298. The number of hydrogen-bond donors (Lipinski definition) is 0. The number of pyridine rings is 1. The molecule has 3 unspecified atom stereocenters. The van der Waals surface area contributed by atoms with Crippen LogP contribution in [-0.2, 0) is 0 Å². The number of aliphatic imine (C=N–C) groups is 1. The summed E-state index contributed by atoms with van der Waals surface area (Å²) >= 11 is 1.85. The molecule has 0 radical (unpaired) electrons. The van der Waals surface area contributed by atoms with Gasteiger partial charge in [-0.1, -0.05) is 55.1 Å². The Bertz CT molecular complexity index is 954. The fourth-order valence-corrected chi connectivity index (χ4v) is 5.27. The van der Waals surface area contributed by atoms with E-state index >= 15 is 0 Å². The van der Waals surface area contributed by atoms with Gasteiger partial charge in [-0.15, -0.1) is 0 Å². The fourth-order valence-electron chi connectivity index (χ4n) is 3.93. The highest BCUT2D eigenvalue weighted by atomic mass is 32.2. The average Bonchev–Trinajstić information content (AvgIpc) is 3.44. The smallest absolute Gasteiger partial charge is 0.161 e. The van der Waals surface area contributed by atoms with E-state index in [4.69, 9.17) is 9.41 Å². The summed E-state index contributed by atoms with van der Waals surface area (Å²) in [5.41, 5.74) is 2.10. The Morgan fingerprint density at radius 3 is 2.70 bits per heavy atom. The lowest BCUT2D eigenvalue weighted by Gasteiger charge is -2.30. The molecule has 2 aliphatic rings. The van der Waals surface area contributed by atoms with Crippen LogP contribution in [0.1, 0.15) is 36.9 Å². The predicted molar refractivity (Wildman–Crippen MR) is 110 cm³/mol. The summed E-state index contributed by atoms with van der Waals surface area (Å²) in [7, 11) is 0. The second kappa shape index (κ2) is 6.89. The highest BCUT2D eigenvalue weighted by Crippen LogP contribution is 2.49. The number of hydrogen-bond acceptors (Lipinski definition) is 5. The van der Waals surface area contributed by atoms with Gasteiger partial charge >= 0.3 is 0 Å². The molecule has 136 valence electrons. The minimum atomic E-state index is -0.0298. The van der Waals surface area contributed by atoms with Crippen LogP contribution in [0.3, 0.4) is 0 Å². The molecule has 1 saturated heterocycles. The SMILES string of the molecule is CCC1CSC2=NC(c3ccccn3)C(c3ccc(-c4ccccc4)o3)N21. The van der Waals surface area contributed by atoms with Gasteiger partial charge in [0.15, 0.2) is 5.17 Å². The zero-order valence-electron chi connectivity index (χ0n) is 15.2. The van der Waals surface area contributed by atoms with Crippen LogP contribution in [0.4, 0.5) is 0 Å². The van der Waals surface area contributed by atoms with E-state index in [1.165, 1.54) is 0 Å². The highest BCUT2D eigenvalue weighted by molar-refractivity contribution is 8.14. The molecule has 5 heteroatoms. The lowest BCUT2D eigenvalue weighted by Crippen LogP contribution is -2.35. The molecule has 5 rings (SSSR count). The van der Waals surface area contributed by atoms with Crippen LogP contribution in [0.25, 0.3) is 11.3 Å². The molecular formula is C22H21N3OS. The Hall–Kier alpha value is -2.53. The zero-order chi connectivity index (χ0) is 18.2. The van der Waals surface area contributed by atoms with Crippen LogP contribution in [-0.4, -0.2) is 26.8 Å². The van der Waals surface area contributed by atoms with Crippen molar-refractivity contribution in [3.8, 4) is 11.3 Å². The van der Waals surface area contributed by atoms with E-state index in [-0.39, 0.29) is 12.1 Å². The Morgan fingerprint density at radius 1 is 1.07 bits per heavy atom. The van der Waals surface area contributed by atoms with Gasteiger partial charge in [0.25, 0.3) is 0 Å². The summed E-state index contributed by atoms with van der Waals surface area (Å²) in [6, 6.07) is 21.0. The third-order valence-corrected chi connectivity index (χ3v) is 6.43. The highest BCUT2D eigenvalue weighted by Gasteiger charge is 2.46. The molecule has 4 heterocycles. The molecule has 1 aromatic carbocycles. The number of aromatic nitrogens is 1. The molecule has 27 heavy (non-hydrogen) atoms. The second-order valence-corrected chi connectivity index (χ2v) is 7.89. The number of rotatable bonds is 4. The summed E-state index contributed by atoms with van der Waals surface area (Å²) in [5, 5.41) is 1.13. The van der Waals surface area contributed by atoms with Crippen LogP contribution in [0.5, 0.6) is 0 Å². The van der Waals surface area contributed by atoms with Crippen molar-refractivity contribution in [1.29, 1.82) is 0 Å². The Kier molecular flexibility index (Phi) is 4.24. The molecular weight excluding hydrogens is 354 g/mol. The third kappa shape index (κ3) is 2.86. The van der Waals surface area contributed by atoms with Crippen molar-refractivity contribution in [3.63, 3.8) is 0 Å². The van der Waals surface area contributed by atoms with Crippen molar-refractivity contribution in [2.45, 2.75) is 31.5 Å². The molecule has 0 spiro atoms. The van der Waals surface area contributed by atoms with E-state index in [0.29, 0.717) is 6.04 Å². The largest absolute Gasteiger partial charge is 0.459 e. The first-order valence-electron chi connectivity index (χ1n) is 9.40. The van der Waals surface area contributed by atoms with Crippen LogP contribution in [0.15, 0.2) is 76.3 Å². The quantitative estimate of drug-likeness (QED) is 0.619. The van der Waals surface area contributed by atoms with Crippen molar-refractivity contribution in [2.24, 2.45) is 4.99 Å². The van der Waals surface area contributed by atoms with E-state index in [1.807, 2.05) is 48.3 Å². The first-order chi connectivity index (χ1) is 13.3. The van der Waals surface area contributed by atoms with E-state index < -0.39 is 0 Å². The molecule has 4 nitrogen and oxygen atoms in total. The summed E-state index contributed by atoms with van der Waals surface area (Å²) in [4.78, 5) is 12.1. The number of nitrogens with zero attached hydrogens (tertiary/aromatic N) is 3. The van der Waals surface area contributed by atoms with Crippen molar-refractivity contribution >= 4 is 16.9 Å². The maximum atomic E-state index is 6.35. The monoisotopic (exact) mass is 375 g/mol. The van der Waals surface area contributed by atoms with Crippen molar-refractivity contribution in [2.75, 3.05) is 5.75 Å². The van der Waals surface area contributed by atoms with Crippen molar-refractivity contribution in [1.82, 2.24) is 9.88 Å². The fraction of sp³-hybridized carbons (Fsp3) is 0.273. The molecule has 0 aliphatic carbocycles. The van der Waals surface area contributed by atoms with Gasteiger partial charge in [0, 0.05) is 23.6 Å². The number of furan rings is 1. The molecule has 2 aliphatic heterocycles. The molecule has 0 N–H and O–H groups in total. The lowest BCUT2D eigenvalue weighted by atomic mass is 10.0. The summed E-state index contributed by atoms with van der Waals surface area (Å²) in [5.74, 6) is 2.95.